The van der Waals surface area contributed by atoms with Crippen LogP contribution in [0.4, 0.5) is 0 Å². The van der Waals surface area contributed by atoms with E-state index in [2.05, 4.69) is 15.3 Å². The van der Waals surface area contributed by atoms with Crippen LogP contribution < -0.4 is 5.32 Å². The predicted molar refractivity (Wildman–Crippen MR) is 113 cm³/mol. The van der Waals surface area contributed by atoms with E-state index in [1.807, 2.05) is 37.3 Å². The number of rotatable bonds is 8. The van der Waals surface area contributed by atoms with Crippen LogP contribution >= 0.6 is 0 Å². The fourth-order valence-corrected chi connectivity index (χ4v) is 3.88. The molecule has 30 heavy (non-hydrogen) atoms. The van der Waals surface area contributed by atoms with Gasteiger partial charge in [-0.2, -0.15) is 0 Å². The molecule has 0 saturated carbocycles. The van der Waals surface area contributed by atoms with Crippen molar-refractivity contribution in [2.45, 2.75) is 24.3 Å². The summed E-state index contributed by atoms with van der Waals surface area (Å²) in [6.45, 7) is 1.95. The summed E-state index contributed by atoms with van der Waals surface area (Å²) in [5, 5.41) is 2.94. The zero-order chi connectivity index (χ0) is 21.7. The molecular weight excluding hydrogens is 404 g/mol. The molecule has 0 radical (unpaired) electrons. The Morgan fingerprint density at radius 3 is 2.43 bits per heavy atom. The van der Waals surface area contributed by atoms with Crippen molar-refractivity contribution >= 4 is 15.9 Å². The van der Waals surface area contributed by atoms with E-state index in [0.717, 1.165) is 15.7 Å². The molecule has 2 aromatic carbocycles. The van der Waals surface area contributed by atoms with Gasteiger partial charge < -0.3 is 10.3 Å². The summed E-state index contributed by atoms with van der Waals surface area (Å²) in [4.78, 5) is 25.1. The molecule has 8 nitrogen and oxygen atoms in total. The fraction of sp³-hybridized carbons (Fsp3) is 0.238. The van der Waals surface area contributed by atoms with E-state index in [0.29, 0.717) is 17.8 Å². The van der Waals surface area contributed by atoms with Gasteiger partial charge in [-0.25, -0.2) is 13.4 Å². The molecule has 0 aliphatic heterocycles. The predicted octanol–water partition coefficient (Wildman–Crippen LogP) is 3.14. The number of aromatic amines is 1. The number of hydrogen-bond donors (Lipinski definition) is 2. The number of amides is 1. The summed E-state index contributed by atoms with van der Waals surface area (Å²) in [6, 6.07) is 15.2. The Labute approximate surface area is 175 Å². The molecule has 9 heteroatoms. The highest BCUT2D eigenvalue weighted by Gasteiger charge is 2.22. The summed E-state index contributed by atoms with van der Waals surface area (Å²) in [7, 11) is -1.19. The minimum atomic E-state index is -3.76. The van der Waals surface area contributed by atoms with E-state index >= 15 is 0 Å². The van der Waals surface area contributed by atoms with Gasteiger partial charge in [0.15, 0.2) is 0 Å². The molecule has 0 aliphatic carbocycles. The van der Waals surface area contributed by atoms with Crippen molar-refractivity contribution in [2.75, 3.05) is 14.2 Å². The highest BCUT2D eigenvalue weighted by molar-refractivity contribution is 7.89. The van der Waals surface area contributed by atoms with Crippen molar-refractivity contribution in [1.82, 2.24) is 19.8 Å². The first-order valence-corrected chi connectivity index (χ1v) is 10.8. The van der Waals surface area contributed by atoms with Crippen LogP contribution in [-0.4, -0.2) is 42.9 Å². The first-order valence-electron chi connectivity index (χ1n) is 9.41. The smallest absolute Gasteiger partial charge is 0.264 e. The minimum Gasteiger partial charge on any atom is -0.342 e. The number of aromatic nitrogens is 2. The molecule has 1 aromatic heterocycles. The Hall–Kier alpha value is -3.01. The normalized spacial score (nSPS) is 12.7. The lowest BCUT2D eigenvalue weighted by atomic mass is 10.1. The number of hydrogen-bond acceptors (Lipinski definition) is 5. The average Bonchev–Trinajstić information content (AvgIpc) is 3.27. The van der Waals surface area contributed by atoms with Crippen LogP contribution in [0.15, 0.2) is 65.7 Å². The molecule has 158 valence electrons. The SMILES string of the molecule is CCC(NC(=O)c1ccc(S(=O)(=O)N(C)OC)cc1)c1ncc(-c2ccccc2)[nH]1. The van der Waals surface area contributed by atoms with Gasteiger partial charge in [0, 0.05) is 12.6 Å². The van der Waals surface area contributed by atoms with Crippen molar-refractivity contribution in [3.05, 3.63) is 72.2 Å². The van der Waals surface area contributed by atoms with Gasteiger partial charge in [0.25, 0.3) is 15.9 Å². The molecule has 1 amide bonds. The van der Waals surface area contributed by atoms with E-state index in [-0.39, 0.29) is 16.8 Å². The second-order valence-electron chi connectivity index (χ2n) is 6.60. The van der Waals surface area contributed by atoms with E-state index in [4.69, 9.17) is 4.84 Å². The zero-order valence-corrected chi connectivity index (χ0v) is 17.8. The molecular formula is C21H24N4O4S. The molecule has 0 saturated heterocycles. The summed E-state index contributed by atoms with van der Waals surface area (Å²) >= 11 is 0. The number of sulfonamides is 1. The van der Waals surface area contributed by atoms with Crippen molar-refractivity contribution in [1.29, 1.82) is 0 Å². The van der Waals surface area contributed by atoms with Crippen LogP contribution in [0, 0.1) is 0 Å². The third-order valence-corrected chi connectivity index (χ3v) is 6.43. The molecule has 1 unspecified atom stereocenters. The number of carbonyl (C=O) groups excluding carboxylic acids is 1. The van der Waals surface area contributed by atoms with Crippen molar-refractivity contribution in [2.24, 2.45) is 0 Å². The maximum Gasteiger partial charge on any atom is 0.264 e. The van der Waals surface area contributed by atoms with Gasteiger partial charge in [0.1, 0.15) is 5.82 Å². The van der Waals surface area contributed by atoms with Gasteiger partial charge in [-0.1, -0.05) is 41.7 Å². The Bertz CT molecular complexity index is 1100. The van der Waals surface area contributed by atoms with Crippen LogP contribution in [0.2, 0.25) is 0 Å². The largest absolute Gasteiger partial charge is 0.342 e. The van der Waals surface area contributed by atoms with Crippen LogP contribution in [0.25, 0.3) is 11.3 Å². The van der Waals surface area contributed by atoms with Gasteiger partial charge in [-0.05, 0) is 36.2 Å². The number of H-pyrrole nitrogens is 1. The first-order chi connectivity index (χ1) is 14.4. The number of carbonyl (C=O) groups is 1. The summed E-state index contributed by atoms with van der Waals surface area (Å²) in [5.74, 6) is 0.342. The number of imidazole rings is 1. The molecule has 1 atom stereocenters. The summed E-state index contributed by atoms with van der Waals surface area (Å²) in [5.41, 5.74) is 2.23. The molecule has 0 aliphatic rings. The number of benzene rings is 2. The third kappa shape index (κ3) is 4.59. The lowest BCUT2D eigenvalue weighted by Gasteiger charge is -2.16. The molecule has 0 spiro atoms. The quantitative estimate of drug-likeness (QED) is 0.537. The van der Waals surface area contributed by atoms with Crippen molar-refractivity contribution < 1.29 is 18.0 Å². The van der Waals surface area contributed by atoms with E-state index in [1.165, 1.54) is 38.4 Å². The third-order valence-electron chi connectivity index (χ3n) is 4.73. The van der Waals surface area contributed by atoms with Crippen molar-refractivity contribution in [3.63, 3.8) is 0 Å². The molecule has 0 bridgehead atoms. The van der Waals surface area contributed by atoms with Crippen molar-refractivity contribution in [3.8, 4) is 11.3 Å². The molecule has 0 fully saturated rings. The van der Waals surface area contributed by atoms with E-state index in [9.17, 15) is 13.2 Å². The lowest BCUT2D eigenvalue weighted by Crippen LogP contribution is -2.29. The van der Waals surface area contributed by atoms with E-state index in [1.54, 1.807) is 6.20 Å². The molecule has 1 heterocycles. The summed E-state index contributed by atoms with van der Waals surface area (Å²) in [6.07, 6.45) is 2.38. The standard InChI is InChI=1S/C21H24N4O4S/c1-4-18(20-22-14-19(23-20)15-8-6-5-7-9-15)24-21(26)16-10-12-17(13-11-16)30(27,28)25(2)29-3/h5-14,18H,4H2,1-3H3,(H,22,23)(H,24,26). The number of hydroxylamine groups is 1. The van der Waals surface area contributed by atoms with Crippen LogP contribution in [0.5, 0.6) is 0 Å². The van der Waals surface area contributed by atoms with Crippen LogP contribution in [0.1, 0.15) is 35.6 Å². The van der Waals surface area contributed by atoms with Gasteiger partial charge in [0.2, 0.25) is 0 Å². The molecule has 2 N–H and O–H groups in total. The monoisotopic (exact) mass is 428 g/mol. The average molecular weight is 429 g/mol. The van der Waals surface area contributed by atoms with Gasteiger partial charge in [-0.3, -0.25) is 9.63 Å². The zero-order valence-electron chi connectivity index (χ0n) is 17.0. The number of nitrogens with zero attached hydrogens (tertiary/aromatic N) is 2. The maximum absolute atomic E-state index is 12.7. The van der Waals surface area contributed by atoms with Crippen LogP contribution in [-0.2, 0) is 14.9 Å². The maximum atomic E-state index is 12.7. The fourth-order valence-electron chi connectivity index (χ4n) is 2.91. The lowest BCUT2D eigenvalue weighted by molar-refractivity contribution is -0.0258. The highest BCUT2D eigenvalue weighted by atomic mass is 32.2. The Balaban J connectivity index is 1.74. The highest BCUT2D eigenvalue weighted by Crippen LogP contribution is 2.21. The second kappa shape index (κ2) is 9.21. The van der Waals surface area contributed by atoms with Crippen LogP contribution in [0.3, 0.4) is 0 Å². The molecule has 3 rings (SSSR count). The van der Waals surface area contributed by atoms with Gasteiger partial charge >= 0.3 is 0 Å². The topological polar surface area (TPSA) is 104 Å². The summed E-state index contributed by atoms with van der Waals surface area (Å²) < 4.78 is 25.3. The van der Waals surface area contributed by atoms with Gasteiger partial charge in [0.05, 0.1) is 29.9 Å². The minimum absolute atomic E-state index is 0.0361. The second-order valence-corrected chi connectivity index (χ2v) is 8.54. The van der Waals surface area contributed by atoms with E-state index < -0.39 is 10.0 Å². The van der Waals surface area contributed by atoms with Gasteiger partial charge in [-0.15, -0.1) is 0 Å². The Morgan fingerprint density at radius 1 is 1.17 bits per heavy atom. The Morgan fingerprint density at radius 2 is 1.83 bits per heavy atom. The molecule has 3 aromatic rings. The number of nitrogens with one attached hydrogen (secondary N) is 2. The first kappa shape index (κ1) is 21.7. The Kier molecular flexibility index (Phi) is 6.66.